The second-order valence-electron chi connectivity index (χ2n) is 5.63. The molecule has 1 N–H and O–H groups in total. The fourth-order valence-corrected chi connectivity index (χ4v) is 2.25. The molecule has 1 rings (SSSR count). The Balaban J connectivity index is 2.39. The number of hydrogen-bond acceptors (Lipinski definition) is 3. The van der Waals surface area contributed by atoms with E-state index in [9.17, 15) is 4.79 Å². The van der Waals surface area contributed by atoms with Crippen LogP contribution in [0.15, 0.2) is 0 Å². The van der Waals surface area contributed by atoms with E-state index < -0.39 is 0 Å². The normalized spacial score (nSPS) is 19.9. The Bertz CT molecular complexity index is 238. The van der Waals surface area contributed by atoms with Crippen LogP contribution in [0, 0.1) is 11.8 Å². The van der Waals surface area contributed by atoms with Gasteiger partial charge in [0.1, 0.15) is 0 Å². The highest BCUT2D eigenvalue weighted by Crippen LogP contribution is 2.13. The van der Waals surface area contributed by atoms with Gasteiger partial charge in [0.05, 0.1) is 6.61 Å². The molecule has 0 aliphatic carbocycles. The molecule has 1 unspecified atom stereocenters. The van der Waals surface area contributed by atoms with Crippen LogP contribution in [-0.4, -0.2) is 43.8 Å². The van der Waals surface area contributed by atoms with Crippen molar-refractivity contribution >= 4 is 6.09 Å². The zero-order valence-electron chi connectivity index (χ0n) is 12.1. The first-order valence-electron chi connectivity index (χ1n) is 7.25. The molecule has 0 bridgehead atoms. The number of carbonyl (C=O) groups is 1. The Morgan fingerprint density at radius 2 is 2.28 bits per heavy atom. The lowest BCUT2D eigenvalue weighted by Crippen LogP contribution is -2.41. The summed E-state index contributed by atoms with van der Waals surface area (Å²) in [6.45, 7) is 10.5. The summed E-state index contributed by atoms with van der Waals surface area (Å²) < 4.78 is 5.33. The van der Waals surface area contributed by atoms with Crippen molar-refractivity contribution in [3.8, 4) is 0 Å². The van der Waals surface area contributed by atoms with Crippen molar-refractivity contribution in [1.29, 1.82) is 0 Å². The first-order valence-corrected chi connectivity index (χ1v) is 7.25. The number of piperidine rings is 1. The monoisotopic (exact) mass is 256 g/mol. The van der Waals surface area contributed by atoms with Gasteiger partial charge in [-0.1, -0.05) is 20.8 Å². The Labute approximate surface area is 111 Å². The van der Waals surface area contributed by atoms with E-state index >= 15 is 0 Å². The average Bonchev–Trinajstić information content (AvgIpc) is 2.36. The molecule has 0 aromatic rings. The second kappa shape index (κ2) is 8.35. The smallest absolute Gasteiger partial charge is 0.409 e. The number of nitrogens with one attached hydrogen (secondary N) is 1. The molecule has 1 aliphatic heterocycles. The van der Waals surface area contributed by atoms with E-state index in [1.165, 1.54) is 12.8 Å². The first kappa shape index (κ1) is 15.3. The van der Waals surface area contributed by atoms with Crippen molar-refractivity contribution in [2.24, 2.45) is 11.8 Å². The lowest BCUT2D eigenvalue weighted by molar-refractivity contribution is 0.0845. The van der Waals surface area contributed by atoms with Gasteiger partial charge >= 0.3 is 6.09 Å². The quantitative estimate of drug-likeness (QED) is 0.794. The first-order chi connectivity index (χ1) is 8.63. The lowest BCUT2D eigenvalue weighted by atomic mass is 9.99. The van der Waals surface area contributed by atoms with Gasteiger partial charge in [-0.15, -0.1) is 0 Å². The van der Waals surface area contributed by atoms with E-state index in [1.807, 2.05) is 4.90 Å². The standard InChI is InChI=1S/C14H28N2O2/c1-4-8-16(14(17)18-11-12(2)3)10-13-6-5-7-15-9-13/h12-13,15H,4-11H2,1-3H3. The fourth-order valence-electron chi connectivity index (χ4n) is 2.25. The van der Waals surface area contributed by atoms with Gasteiger partial charge in [-0.05, 0) is 44.2 Å². The molecule has 0 spiro atoms. The van der Waals surface area contributed by atoms with Gasteiger partial charge in [0.25, 0.3) is 0 Å². The van der Waals surface area contributed by atoms with E-state index in [2.05, 4.69) is 26.1 Å². The molecule has 4 heteroatoms. The Hall–Kier alpha value is -0.770. The molecule has 0 saturated carbocycles. The summed E-state index contributed by atoms with van der Waals surface area (Å²) in [4.78, 5) is 13.9. The maximum Gasteiger partial charge on any atom is 0.409 e. The summed E-state index contributed by atoms with van der Waals surface area (Å²) in [6.07, 6.45) is 3.27. The van der Waals surface area contributed by atoms with Crippen LogP contribution < -0.4 is 5.32 Å². The molecule has 1 fully saturated rings. The summed E-state index contributed by atoms with van der Waals surface area (Å²) in [5, 5.41) is 3.39. The highest BCUT2D eigenvalue weighted by Gasteiger charge is 2.21. The molecule has 1 heterocycles. The van der Waals surface area contributed by atoms with Gasteiger partial charge < -0.3 is 15.0 Å². The van der Waals surface area contributed by atoms with Crippen LogP contribution in [-0.2, 0) is 4.74 Å². The van der Waals surface area contributed by atoms with Crippen molar-refractivity contribution in [1.82, 2.24) is 10.2 Å². The molecular formula is C14H28N2O2. The maximum atomic E-state index is 12.0. The van der Waals surface area contributed by atoms with Crippen LogP contribution in [0.4, 0.5) is 4.79 Å². The van der Waals surface area contributed by atoms with E-state index in [4.69, 9.17) is 4.74 Å². The average molecular weight is 256 g/mol. The third-order valence-corrected chi connectivity index (χ3v) is 3.17. The van der Waals surface area contributed by atoms with Crippen molar-refractivity contribution in [3.05, 3.63) is 0 Å². The molecule has 1 aliphatic rings. The Morgan fingerprint density at radius 3 is 2.83 bits per heavy atom. The minimum Gasteiger partial charge on any atom is -0.449 e. The van der Waals surface area contributed by atoms with Crippen molar-refractivity contribution in [2.45, 2.75) is 40.0 Å². The van der Waals surface area contributed by atoms with E-state index in [0.29, 0.717) is 18.4 Å². The van der Waals surface area contributed by atoms with Crippen LogP contribution >= 0.6 is 0 Å². The third-order valence-electron chi connectivity index (χ3n) is 3.17. The molecule has 0 radical (unpaired) electrons. The fraction of sp³-hybridized carbons (Fsp3) is 0.929. The number of nitrogens with zero attached hydrogens (tertiary/aromatic N) is 1. The molecule has 106 valence electrons. The summed E-state index contributed by atoms with van der Waals surface area (Å²) in [5.41, 5.74) is 0. The zero-order chi connectivity index (χ0) is 13.4. The maximum absolute atomic E-state index is 12.0. The lowest BCUT2D eigenvalue weighted by Gasteiger charge is -2.29. The predicted molar refractivity (Wildman–Crippen MR) is 73.6 cm³/mol. The molecular weight excluding hydrogens is 228 g/mol. The summed E-state index contributed by atoms with van der Waals surface area (Å²) in [5.74, 6) is 0.977. The molecule has 1 amide bonds. The predicted octanol–water partition coefficient (Wildman–Crippen LogP) is 2.49. The number of ether oxygens (including phenoxy) is 1. The Morgan fingerprint density at radius 1 is 1.50 bits per heavy atom. The van der Waals surface area contributed by atoms with Gasteiger partial charge in [0, 0.05) is 13.1 Å². The molecule has 0 aromatic heterocycles. The van der Waals surface area contributed by atoms with Crippen LogP contribution in [0.1, 0.15) is 40.0 Å². The zero-order valence-corrected chi connectivity index (χ0v) is 12.1. The highest BCUT2D eigenvalue weighted by atomic mass is 16.6. The number of hydrogen-bond donors (Lipinski definition) is 1. The second-order valence-corrected chi connectivity index (χ2v) is 5.63. The number of carbonyl (C=O) groups excluding carboxylic acids is 1. The summed E-state index contributed by atoms with van der Waals surface area (Å²) in [7, 11) is 0. The van der Waals surface area contributed by atoms with Crippen LogP contribution in [0.3, 0.4) is 0 Å². The molecule has 1 atom stereocenters. The van der Waals surface area contributed by atoms with E-state index in [-0.39, 0.29) is 6.09 Å². The van der Waals surface area contributed by atoms with Gasteiger partial charge in [0.15, 0.2) is 0 Å². The molecule has 18 heavy (non-hydrogen) atoms. The summed E-state index contributed by atoms with van der Waals surface area (Å²) >= 11 is 0. The van der Waals surface area contributed by atoms with Gasteiger partial charge in [-0.25, -0.2) is 4.79 Å². The highest BCUT2D eigenvalue weighted by molar-refractivity contribution is 5.67. The van der Waals surface area contributed by atoms with Gasteiger partial charge in [-0.2, -0.15) is 0 Å². The summed E-state index contributed by atoms with van der Waals surface area (Å²) in [6, 6.07) is 0. The van der Waals surface area contributed by atoms with Crippen LogP contribution in [0.25, 0.3) is 0 Å². The van der Waals surface area contributed by atoms with E-state index in [1.54, 1.807) is 0 Å². The topological polar surface area (TPSA) is 41.6 Å². The minimum atomic E-state index is -0.142. The number of rotatable bonds is 6. The number of amides is 1. The molecule has 4 nitrogen and oxygen atoms in total. The van der Waals surface area contributed by atoms with Gasteiger partial charge in [0.2, 0.25) is 0 Å². The minimum absolute atomic E-state index is 0.142. The largest absolute Gasteiger partial charge is 0.449 e. The van der Waals surface area contributed by atoms with Crippen molar-refractivity contribution in [2.75, 3.05) is 32.8 Å². The van der Waals surface area contributed by atoms with Gasteiger partial charge in [-0.3, -0.25) is 0 Å². The van der Waals surface area contributed by atoms with E-state index in [0.717, 1.165) is 32.6 Å². The van der Waals surface area contributed by atoms with Crippen LogP contribution in [0.2, 0.25) is 0 Å². The Kier molecular flexibility index (Phi) is 7.09. The molecule has 0 aromatic carbocycles. The van der Waals surface area contributed by atoms with Crippen LogP contribution in [0.5, 0.6) is 0 Å². The van der Waals surface area contributed by atoms with Crippen molar-refractivity contribution in [3.63, 3.8) is 0 Å². The molecule has 1 saturated heterocycles. The third kappa shape index (κ3) is 5.71. The SMILES string of the molecule is CCCN(CC1CCCNC1)C(=O)OCC(C)C. The van der Waals surface area contributed by atoms with Crippen molar-refractivity contribution < 1.29 is 9.53 Å².